The normalized spacial score (nSPS) is 10.8. The Hall–Kier alpha value is -2.21. The maximum absolute atomic E-state index is 5.67. The van der Waals surface area contributed by atoms with Crippen LogP contribution in [0.25, 0.3) is 22.0 Å². The van der Waals surface area contributed by atoms with Crippen LogP contribution in [0.3, 0.4) is 0 Å². The first kappa shape index (κ1) is 11.9. The second-order valence-electron chi connectivity index (χ2n) is 4.35. The number of nitrogens with zero attached hydrogens (tertiary/aromatic N) is 3. The number of benzene rings is 1. The predicted octanol–water partition coefficient (Wildman–Crippen LogP) is 3.06. The van der Waals surface area contributed by atoms with Crippen molar-refractivity contribution in [3.8, 4) is 22.0 Å². The molecule has 2 aromatic heterocycles. The van der Waals surface area contributed by atoms with E-state index < -0.39 is 0 Å². The van der Waals surface area contributed by atoms with Crippen LogP contribution in [0.1, 0.15) is 11.1 Å². The molecule has 96 valence electrons. The number of hydrogen-bond acceptors (Lipinski definition) is 6. The van der Waals surface area contributed by atoms with Gasteiger partial charge in [0.15, 0.2) is 11.5 Å². The fourth-order valence-corrected chi connectivity index (χ4v) is 2.67. The maximum atomic E-state index is 5.67. The summed E-state index contributed by atoms with van der Waals surface area (Å²) in [7, 11) is 0. The maximum Gasteiger partial charge on any atom is 0.198 e. The quantitative estimate of drug-likeness (QED) is 0.775. The van der Waals surface area contributed by atoms with Gasteiger partial charge in [0.25, 0.3) is 0 Å². The van der Waals surface area contributed by atoms with Gasteiger partial charge in [-0.05, 0) is 35.8 Å². The Morgan fingerprint density at radius 2 is 2.05 bits per heavy atom. The highest BCUT2D eigenvalue weighted by molar-refractivity contribution is 7.13. The van der Waals surface area contributed by atoms with Crippen LogP contribution in [0, 0.1) is 13.8 Å². The lowest BCUT2D eigenvalue weighted by molar-refractivity contribution is 0.310. The van der Waals surface area contributed by atoms with E-state index in [1.807, 2.05) is 5.38 Å². The fourth-order valence-electron chi connectivity index (χ4n) is 1.86. The summed E-state index contributed by atoms with van der Waals surface area (Å²) in [5.74, 6) is 0.266. The number of thiazole rings is 1. The Kier molecular flexibility index (Phi) is 2.79. The summed E-state index contributed by atoms with van der Waals surface area (Å²) in [6.07, 6.45) is 0. The zero-order chi connectivity index (χ0) is 13.4. The van der Waals surface area contributed by atoms with Crippen LogP contribution in [0.2, 0.25) is 0 Å². The van der Waals surface area contributed by atoms with Gasteiger partial charge in [0, 0.05) is 10.9 Å². The summed E-state index contributed by atoms with van der Waals surface area (Å²) in [4.78, 5) is 4.56. The van der Waals surface area contributed by atoms with Crippen molar-refractivity contribution < 1.29 is 4.63 Å². The van der Waals surface area contributed by atoms with Gasteiger partial charge in [-0.1, -0.05) is 17.7 Å². The van der Waals surface area contributed by atoms with Crippen molar-refractivity contribution in [3.05, 3.63) is 34.7 Å². The van der Waals surface area contributed by atoms with Crippen molar-refractivity contribution in [2.75, 3.05) is 5.73 Å². The van der Waals surface area contributed by atoms with Crippen molar-refractivity contribution in [1.29, 1.82) is 0 Å². The van der Waals surface area contributed by atoms with E-state index >= 15 is 0 Å². The van der Waals surface area contributed by atoms with Gasteiger partial charge in [0.1, 0.15) is 5.01 Å². The van der Waals surface area contributed by atoms with E-state index in [1.165, 1.54) is 22.5 Å². The van der Waals surface area contributed by atoms with Crippen molar-refractivity contribution in [1.82, 2.24) is 15.3 Å². The third-order valence-electron chi connectivity index (χ3n) is 2.89. The number of nitrogens with two attached hydrogens (primary N) is 1. The minimum absolute atomic E-state index is 0.266. The summed E-state index contributed by atoms with van der Waals surface area (Å²) in [5, 5.41) is 10.0. The highest BCUT2D eigenvalue weighted by Gasteiger charge is 2.15. The van der Waals surface area contributed by atoms with Gasteiger partial charge in [-0.15, -0.1) is 11.3 Å². The van der Waals surface area contributed by atoms with Crippen LogP contribution in [0.15, 0.2) is 28.2 Å². The molecule has 3 aromatic rings. The van der Waals surface area contributed by atoms with Gasteiger partial charge in [0.2, 0.25) is 0 Å². The summed E-state index contributed by atoms with van der Waals surface area (Å²) in [6, 6.07) is 6.31. The average Bonchev–Trinajstić information content (AvgIpc) is 3.00. The first-order valence-corrected chi connectivity index (χ1v) is 6.64. The van der Waals surface area contributed by atoms with Crippen LogP contribution in [-0.2, 0) is 0 Å². The van der Waals surface area contributed by atoms with Gasteiger partial charge < -0.3 is 5.73 Å². The number of aryl methyl sites for hydroxylation is 2. The molecule has 19 heavy (non-hydrogen) atoms. The SMILES string of the molecule is Cc1ccc(C)c(-c2csc(-c3nonc3N)n2)c1. The van der Waals surface area contributed by atoms with Crippen molar-refractivity contribution in [2.24, 2.45) is 0 Å². The van der Waals surface area contributed by atoms with E-state index in [0.29, 0.717) is 5.69 Å². The first-order chi connectivity index (χ1) is 9.15. The van der Waals surface area contributed by atoms with Gasteiger partial charge in [-0.25, -0.2) is 9.61 Å². The smallest absolute Gasteiger partial charge is 0.198 e. The van der Waals surface area contributed by atoms with Crippen LogP contribution in [0.5, 0.6) is 0 Å². The molecule has 0 unspecified atom stereocenters. The third kappa shape index (κ3) is 2.10. The Balaban J connectivity index is 2.06. The number of hydrogen-bond donors (Lipinski definition) is 1. The molecular formula is C13H12N4OS. The zero-order valence-corrected chi connectivity index (χ0v) is 11.4. The van der Waals surface area contributed by atoms with Crippen molar-refractivity contribution in [2.45, 2.75) is 13.8 Å². The standard InChI is InChI=1S/C13H12N4OS/c1-7-3-4-8(2)9(5-7)10-6-19-13(15-10)11-12(14)17-18-16-11/h3-6H,1-2H3,(H2,14,17). The molecule has 0 atom stereocenters. The molecule has 0 aliphatic rings. The Bertz CT molecular complexity index is 732. The molecule has 6 heteroatoms. The summed E-state index contributed by atoms with van der Waals surface area (Å²) >= 11 is 1.48. The molecule has 0 aliphatic heterocycles. The van der Waals surface area contributed by atoms with Crippen molar-refractivity contribution >= 4 is 17.2 Å². The molecule has 0 radical (unpaired) electrons. The van der Waals surface area contributed by atoms with E-state index in [2.05, 4.69) is 52.0 Å². The second kappa shape index (κ2) is 4.47. The van der Waals surface area contributed by atoms with Gasteiger partial charge in [-0.3, -0.25) is 0 Å². The second-order valence-corrected chi connectivity index (χ2v) is 5.21. The summed E-state index contributed by atoms with van der Waals surface area (Å²) in [6.45, 7) is 4.13. The zero-order valence-electron chi connectivity index (χ0n) is 10.5. The van der Waals surface area contributed by atoms with E-state index in [-0.39, 0.29) is 5.82 Å². The first-order valence-electron chi connectivity index (χ1n) is 5.76. The number of aromatic nitrogens is 3. The molecule has 0 saturated carbocycles. The highest BCUT2D eigenvalue weighted by atomic mass is 32.1. The lowest BCUT2D eigenvalue weighted by Crippen LogP contribution is -1.89. The lowest BCUT2D eigenvalue weighted by atomic mass is 10.0. The molecule has 1 aromatic carbocycles. The molecule has 3 rings (SSSR count). The predicted molar refractivity (Wildman–Crippen MR) is 74.7 cm³/mol. The van der Waals surface area contributed by atoms with E-state index in [4.69, 9.17) is 5.73 Å². The Morgan fingerprint density at radius 3 is 2.79 bits per heavy atom. The monoisotopic (exact) mass is 272 g/mol. The summed E-state index contributed by atoms with van der Waals surface area (Å²) in [5.41, 5.74) is 10.6. The lowest BCUT2D eigenvalue weighted by Gasteiger charge is -2.03. The number of rotatable bonds is 2. The average molecular weight is 272 g/mol. The molecule has 0 amide bonds. The topological polar surface area (TPSA) is 77.8 Å². The summed E-state index contributed by atoms with van der Waals surface area (Å²) < 4.78 is 4.60. The fraction of sp³-hybridized carbons (Fsp3) is 0.154. The Morgan fingerprint density at radius 1 is 1.21 bits per heavy atom. The molecule has 0 aliphatic carbocycles. The molecule has 0 fully saturated rings. The van der Waals surface area contributed by atoms with Crippen molar-refractivity contribution in [3.63, 3.8) is 0 Å². The van der Waals surface area contributed by atoms with Crippen LogP contribution < -0.4 is 5.73 Å². The van der Waals surface area contributed by atoms with E-state index in [9.17, 15) is 0 Å². The van der Waals surface area contributed by atoms with Crippen LogP contribution in [-0.4, -0.2) is 15.3 Å². The van der Waals surface area contributed by atoms with Gasteiger partial charge >= 0.3 is 0 Å². The number of anilines is 1. The molecule has 5 nitrogen and oxygen atoms in total. The molecule has 0 saturated heterocycles. The van der Waals surface area contributed by atoms with Crippen LogP contribution in [0.4, 0.5) is 5.82 Å². The molecular weight excluding hydrogens is 260 g/mol. The van der Waals surface area contributed by atoms with Gasteiger partial charge in [-0.2, -0.15) is 0 Å². The largest absolute Gasteiger partial charge is 0.379 e. The van der Waals surface area contributed by atoms with E-state index in [1.54, 1.807) is 0 Å². The highest BCUT2D eigenvalue weighted by Crippen LogP contribution is 2.31. The van der Waals surface area contributed by atoms with Gasteiger partial charge in [0.05, 0.1) is 5.69 Å². The number of nitrogen functional groups attached to an aromatic ring is 1. The molecule has 0 spiro atoms. The van der Waals surface area contributed by atoms with E-state index in [0.717, 1.165) is 16.3 Å². The minimum atomic E-state index is 0.266. The third-order valence-corrected chi connectivity index (χ3v) is 3.74. The molecule has 0 bridgehead atoms. The minimum Gasteiger partial charge on any atom is -0.379 e. The molecule has 2 N–H and O–H groups in total. The Labute approximate surface area is 114 Å². The molecule has 2 heterocycles. The van der Waals surface area contributed by atoms with Crippen LogP contribution >= 0.6 is 11.3 Å².